The summed E-state index contributed by atoms with van der Waals surface area (Å²) in [5.41, 5.74) is 3.69. The van der Waals surface area contributed by atoms with Gasteiger partial charge in [-0.3, -0.25) is 4.79 Å². The molecule has 9 heteroatoms. The third kappa shape index (κ3) is 6.71. The fraction of sp³-hybridized carbons (Fsp3) is 0.130. The molecule has 0 heterocycles. The van der Waals surface area contributed by atoms with Crippen LogP contribution in [0.5, 0.6) is 0 Å². The topological polar surface area (TPSA) is 78.8 Å². The summed E-state index contributed by atoms with van der Waals surface area (Å²) in [5, 5.41) is 4.20. The van der Waals surface area contributed by atoms with Crippen LogP contribution in [0.15, 0.2) is 88.9 Å². The summed E-state index contributed by atoms with van der Waals surface area (Å²) >= 11 is 5.87. The molecular formula is C23H21ClFN3O3S. The van der Waals surface area contributed by atoms with Crippen LogP contribution in [0.3, 0.4) is 0 Å². The number of rotatable bonds is 9. The predicted molar refractivity (Wildman–Crippen MR) is 122 cm³/mol. The van der Waals surface area contributed by atoms with Crippen LogP contribution >= 0.6 is 11.6 Å². The number of hydrazone groups is 1. The molecule has 32 heavy (non-hydrogen) atoms. The second kappa shape index (κ2) is 11.0. The third-order valence-electron chi connectivity index (χ3n) is 4.52. The zero-order valence-corrected chi connectivity index (χ0v) is 18.6. The van der Waals surface area contributed by atoms with Crippen LogP contribution in [-0.4, -0.2) is 37.9 Å². The highest BCUT2D eigenvalue weighted by Crippen LogP contribution is 2.19. The lowest BCUT2D eigenvalue weighted by molar-refractivity contribution is -0.121. The summed E-state index contributed by atoms with van der Waals surface area (Å²) in [6.45, 7) is -0.339. The molecular weight excluding hydrogens is 453 g/mol. The fourth-order valence-electron chi connectivity index (χ4n) is 2.90. The van der Waals surface area contributed by atoms with Crippen LogP contribution in [0.25, 0.3) is 0 Å². The van der Waals surface area contributed by atoms with Crippen molar-refractivity contribution in [2.24, 2.45) is 5.10 Å². The van der Waals surface area contributed by atoms with Gasteiger partial charge in [-0.15, -0.1) is 0 Å². The second-order valence-electron chi connectivity index (χ2n) is 6.88. The molecule has 0 aliphatic carbocycles. The van der Waals surface area contributed by atoms with E-state index >= 15 is 0 Å². The number of hydrogen-bond donors (Lipinski definition) is 1. The molecule has 0 unspecified atom stereocenters. The maximum Gasteiger partial charge on any atom is 0.255 e. The first kappa shape index (κ1) is 23.6. The highest BCUT2D eigenvalue weighted by molar-refractivity contribution is 7.89. The van der Waals surface area contributed by atoms with Gasteiger partial charge in [0.05, 0.1) is 17.7 Å². The van der Waals surface area contributed by atoms with Crippen molar-refractivity contribution in [3.63, 3.8) is 0 Å². The molecule has 1 N–H and O–H groups in total. The lowest BCUT2D eigenvalue weighted by Gasteiger charge is -2.21. The molecule has 3 aromatic rings. The van der Waals surface area contributed by atoms with E-state index in [0.29, 0.717) is 17.0 Å². The molecule has 0 atom stereocenters. The minimum absolute atomic E-state index is 0.0334. The summed E-state index contributed by atoms with van der Waals surface area (Å²) < 4.78 is 40.6. The van der Waals surface area contributed by atoms with Crippen molar-refractivity contribution in [1.29, 1.82) is 0 Å². The molecule has 0 aliphatic heterocycles. The molecule has 0 aliphatic rings. The van der Waals surface area contributed by atoms with Crippen molar-refractivity contribution < 1.29 is 17.6 Å². The standard InChI is InChI=1S/C23H21ClFN3O3S/c24-20-9-11-22(12-10-20)32(30,31)28(14-13-18-5-2-1-3-6-18)17-23(29)27-26-16-19-7-4-8-21(25)15-19/h1-12,15-16H,13-14,17H2,(H,27,29)/b26-16-. The van der Waals surface area contributed by atoms with Crippen LogP contribution in [-0.2, 0) is 21.2 Å². The van der Waals surface area contributed by atoms with E-state index in [1.54, 1.807) is 6.07 Å². The van der Waals surface area contributed by atoms with Crippen molar-refractivity contribution in [2.75, 3.05) is 13.1 Å². The van der Waals surface area contributed by atoms with Gasteiger partial charge in [-0.25, -0.2) is 18.2 Å². The Balaban J connectivity index is 1.73. The average Bonchev–Trinajstić information content (AvgIpc) is 2.77. The summed E-state index contributed by atoms with van der Waals surface area (Å²) in [4.78, 5) is 12.5. The van der Waals surface area contributed by atoms with Gasteiger partial charge in [0.1, 0.15) is 5.82 Å². The number of sulfonamides is 1. The maximum atomic E-state index is 13.2. The highest BCUT2D eigenvalue weighted by Gasteiger charge is 2.26. The van der Waals surface area contributed by atoms with E-state index < -0.39 is 28.3 Å². The van der Waals surface area contributed by atoms with Gasteiger partial charge in [0.25, 0.3) is 5.91 Å². The average molecular weight is 474 g/mol. The Morgan fingerprint density at radius 2 is 1.75 bits per heavy atom. The Labute approximate surface area is 191 Å². The van der Waals surface area contributed by atoms with E-state index in [4.69, 9.17) is 11.6 Å². The van der Waals surface area contributed by atoms with E-state index in [9.17, 15) is 17.6 Å². The SMILES string of the molecule is O=C(CN(CCc1ccccc1)S(=O)(=O)c1ccc(Cl)cc1)N/N=C\c1cccc(F)c1. The molecule has 3 rings (SSSR count). The van der Waals surface area contributed by atoms with Gasteiger partial charge in [-0.2, -0.15) is 9.41 Å². The lowest BCUT2D eigenvalue weighted by Crippen LogP contribution is -2.40. The number of halogens is 2. The van der Waals surface area contributed by atoms with Crippen LogP contribution in [0.4, 0.5) is 4.39 Å². The highest BCUT2D eigenvalue weighted by atomic mass is 35.5. The molecule has 6 nitrogen and oxygen atoms in total. The Morgan fingerprint density at radius 3 is 2.44 bits per heavy atom. The van der Waals surface area contributed by atoms with Gasteiger partial charge in [0.15, 0.2) is 0 Å². The monoisotopic (exact) mass is 473 g/mol. The molecule has 3 aromatic carbocycles. The van der Waals surface area contributed by atoms with Crippen LogP contribution < -0.4 is 5.43 Å². The van der Waals surface area contributed by atoms with E-state index in [0.717, 1.165) is 9.87 Å². The fourth-order valence-corrected chi connectivity index (χ4v) is 4.42. The predicted octanol–water partition coefficient (Wildman–Crippen LogP) is 3.86. The van der Waals surface area contributed by atoms with Crippen molar-refractivity contribution >= 4 is 33.7 Å². The maximum absolute atomic E-state index is 13.2. The Hall–Kier alpha value is -3.07. The summed E-state index contributed by atoms with van der Waals surface area (Å²) in [7, 11) is -3.95. The normalized spacial score (nSPS) is 11.7. The summed E-state index contributed by atoms with van der Waals surface area (Å²) in [5.74, 6) is -1.05. The first-order chi connectivity index (χ1) is 15.3. The minimum atomic E-state index is -3.95. The van der Waals surface area contributed by atoms with Gasteiger partial charge in [-0.05, 0) is 53.9 Å². The largest absolute Gasteiger partial charge is 0.272 e. The number of carbonyl (C=O) groups is 1. The third-order valence-corrected chi connectivity index (χ3v) is 6.63. The van der Waals surface area contributed by atoms with Gasteiger partial charge in [0, 0.05) is 11.6 Å². The van der Waals surface area contributed by atoms with E-state index in [2.05, 4.69) is 10.5 Å². The molecule has 0 saturated carbocycles. The second-order valence-corrected chi connectivity index (χ2v) is 9.25. The first-order valence-electron chi connectivity index (χ1n) is 9.72. The number of nitrogens with one attached hydrogen (secondary N) is 1. The Morgan fingerprint density at radius 1 is 1.03 bits per heavy atom. The number of hydrogen-bond acceptors (Lipinski definition) is 4. The van der Waals surface area contributed by atoms with Crippen molar-refractivity contribution in [2.45, 2.75) is 11.3 Å². The quantitative estimate of drug-likeness (QED) is 0.378. The van der Waals surface area contributed by atoms with Crippen molar-refractivity contribution in [3.05, 3.63) is 101 Å². The smallest absolute Gasteiger partial charge is 0.255 e. The molecule has 0 spiro atoms. The van der Waals surface area contributed by atoms with Gasteiger partial charge >= 0.3 is 0 Å². The van der Waals surface area contributed by atoms with E-state index in [1.165, 1.54) is 48.7 Å². The zero-order chi connectivity index (χ0) is 23.0. The first-order valence-corrected chi connectivity index (χ1v) is 11.5. The number of carbonyl (C=O) groups excluding carboxylic acids is 1. The molecule has 0 radical (unpaired) electrons. The molecule has 166 valence electrons. The Bertz CT molecular complexity index is 1190. The van der Waals surface area contributed by atoms with E-state index in [-0.39, 0.29) is 11.4 Å². The van der Waals surface area contributed by atoms with Crippen molar-refractivity contribution in [1.82, 2.24) is 9.73 Å². The van der Waals surface area contributed by atoms with Crippen LogP contribution in [0, 0.1) is 5.82 Å². The van der Waals surface area contributed by atoms with Crippen LogP contribution in [0.1, 0.15) is 11.1 Å². The molecule has 0 aromatic heterocycles. The summed E-state index contributed by atoms with van der Waals surface area (Å²) in [6, 6.07) is 20.8. The molecule has 0 fully saturated rings. The van der Waals surface area contributed by atoms with Gasteiger partial charge in [-0.1, -0.05) is 54.1 Å². The number of nitrogens with zero attached hydrogens (tertiary/aromatic N) is 2. The van der Waals surface area contributed by atoms with Crippen LogP contribution in [0.2, 0.25) is 5.02 Å². The summed E-state index contributed by atoms with van der Waals surface area (Å²) in [6.07, 6.45) is 1.70. The number of amides is 1. The minimum Gasteiger partial charge on any atom is -0.272 e. The molecule has 0 bridgehead atoms. The van der Waals surface area contributed by atoms with Gasteiger partial charge < -0.3 is 0 Å². The molecule has 0 saturated heterocycles. The lowest BCUT2D eigenvalue weighted by atomic mass is 10.1. The zero-order valence-electron chi connectivity index (χ0n) is 17.0. The Kier molecular flexibility index (Phi) is 8.10. The van der Waals surface area contributed by atoms with Crippen molar-refractivity contribution in [3.8, 4) is 0 Å². The van der Waals surface area contributed by atoms with Gasteiger partial charge in [0.2, 0.25) is 10.0 Å². The molecule has 1 amide bonds. The number of benzene rings is 3. The van der Waals surface area contributed by atoms with E-state index in [1.807, 2.05) is 30.3 Å².